The van der Waals surface area contributed by atoms with Crippen molar-refractivity contribution in [3.8, 4) is 0 Å². The fourth-order valence-corrected chi connectivity index (χ4v) is 9.92. The first kappa shape index (κ1) is 39.7. The van der Waals surface area contributed by atoms with Crippen LogP contribution in [0.15, 0.2) is 121 Å². The van der Waals surface area contributed by atoms with Crippen molar-refractivity contribution in [3.05, 3.63) is 121 Å². The maximum absolute atomic E-state index is 2.32. The molecule has 0 heterocycles. The molecule has 4 rings (SSSR count). The minimum Gasteiger partial charge on any atom is -2.00 e. The summed E-state index contributed by atoms with van der Waals surface area (Å²) in [5.41, 5.74) is 0. The summed E-state index contributed by atoms with van der Waals surface area (Å²) in [4.78, 5) is 0. The Bertz CT molecular complexity index is 823. The Morgan fingerprint density at radius 1 is 0.353 bits per heavy atom. The maximum Gasteiger partial charge on any atom is 0.101 e. The molecular formula is C26H26P2PdSe4W-6. The van der Waals surface area contributed by atoms with Gasteiger partial charge in [-0.05, 0) is 48.5 Å². The fraction of sp³-hybridized carbons (Fsp3) is 0.0769. The van der Waals surface area contributed by atoms with Crippen molar-refractivity contribution >= 4 is 105 Å². The van der Waals surface area contributed by atoms with E-state index in [2.05, 4.69) is 121 Å². The van der Waals surface area contributed by atoms with E-state index in [-0.39, 0.29) is 110 Å². The molecule has 0 amide bonds. The molecule has 186 valence electrons. The Morgan fingerprint density at radius 2 is 0.529 bits per heavy atom. The summed E-state index contributed by atoms with van der Waals surface area (Å²) in [5.74, 6) is 0. The van der Waals surface area contributed by atoms with Gasteiger partial charge in [0.05, 0.1) is 37.1 Å². The summed E-state index contributed by atoms with van der Waals surface area (Å²) in [6.45, 7) is 0. The van der Waals surface area contributed by atoms with Crippen LogP contribution in [0.2, 0.25) is 0 Å². The third kappa shape index (κ3) is 11.7. The summed E-state index contributed by atoms with van der Waals surface area (Å²) in [5, 5.41) is 6.06. The molecule has 0 unspecified atom stereocenters. The standard InChI is InChI=1S/C26H24P2.Pd.4Se.W/c1-5-13-23(14-6-1)27(24-15-7-2-8-16-24)21-22-28(25-17-9-3-10-18-25)26-19-11-4-12-20-26;;;;;;/h1-20H,21-22H2;;;;;;/q;;4*-2;/p+2. The van der Waals surface area contributed by atoms with Gasteiger partial charge >= 0.3 is 0 Å². The zero-order valence-corrected chi connectivity index (χ0v) is 31.7. The molecule has 0 aliphatic heterocycles. The van der Waals surface area contributed by atoms with Crippen LogP contribution in [0.1, 0.15) is 0 Å². The predicted molar refractivity (Wildman–Crippen MR) is 154 cm³/mol. The summed E-state index contributed by atoms with van der Waals surface area (Å²) < 4.78 is 0. The van der Waals surface area contributed by atoms with Crippen LogP contribution in [-0.2, 0) is 41.5 Å². The van der Waals surface area contributed by atoms with Gasteiger partial charge in [-0.2, -0.15) is 0 Å². The van der Waals surface area contributed by atoms with Gasteiger partial charge in [-0.25, -0.2) is 0 Å². The third-order valence-electron chi connectivity index (χ3n) is 5.11. The van der Waals surface area contributed by atoms with Gasteiger partial charge in [0.1, 0.15) is 12.3 Å². The second kappa shape index (κ2) is 22.2. The topological polar surface area (TPSA) is 0 Å². The molecule has 4 aromatic rings. The smallest absolute Gasteiger partial charge is 0.101 e. The summed E-state index contributed by atoms with van der Waals surface area (Å²) in [6.07, 6.45) is 2.52. The molecule has 34 heavy (non-hydrogen) atoms. The Kier molecular flexibility index (Phi) is 25.9. The van der Waals surface area contributed by atoms with Crippen molar-refractivity contribution in [2.75, 3.05) is 12.3 Å². The minimum absolute atomic E-state index is 0. The van der Waals surface area contributed by atoms with Gasteiger partial charge in [0.15, 0.2) is 0 Å². The van der Waals surface area contributed by atoms with E-state index >= 15 is 0 Å². The van der Waals surface area contributed by atoms with Crippen molar-refractivity contribution in [2.24, 2.45) is 0 Å². The Balaban J connectivity index is -0.00000160. The average Bonchev–Trinajstić information content (AvgIpc) is 2.79. The van der Waals surface area contributed by atoms with Gasteiger partial charge < -0.3 is 68.3 Å². The van der Waals surface area contributed by atoms with E-state index in [0.29, 0.717) is 0 Å². The second-order valence-electron chi connectivity index (χ2n) is 6.92. The number of hydrogen-bond acceptors (Lipinski definition) is 0. The Hall–Kier alpha value is 1.17. The molecule has 8 heteroatoms. The van der Waals surface area contributed by atoms with Crippen molar-refractivity contribution in [3.63, 3.8) is 0 Å². The first-order chi connectivity index (χ1) is 13.9. The van der Waals surface area contributed by atoms with Gasteiger partial charge in [0.2, 0.25) is 0 Å². The molecule has 0 saturated heterocycles. The van der Waals surface area contributed by atoms with Crippen LogP contribution in [0.3, 0.4) is 0 Å². The molecule has 0 fully saturated rings. The maximum atomic E-state index is 2.32. The Morgan fingerprint density at radius 3 is 0.706 bits per heavy atom. The quantitative estimate of drug-likeness (QED) is 0.198. The minimum atomic E-state index is -0.783. The summed E-state index contributed by atoms with van der Waals surface area (Å²) in [6, 6.07) is 44.5. The van der Waals surface area contributed by atoms with Gasteiger partial charge in [-0.15, -0.1) is 0 Å². The van der Waals surface area contributed by atoms with Crippen molar-refractivity contribution in [1.29, 1.82) is 0 Å². The molecule has 0 bridgehead atoms. The van der Waals surface area contributed by atoms with E-state index in [1.807, 2.05) is 0 Å². The van der Waals surface area contributed by atoms with Crippen LogP contribution in [-0.4, -0.2) is 80.6 Å². The van der Waals surface area contributed by atoms with Crippen LogP contribution >= 0.6 is 15.8 Å². The normalized spacial score (nSPS) is 9.12. The first-order valence-corrected chi connectivity index (χ1v) is 13.3. The molecule has 0 saturated carbocycles. The third-order valence-corrected chi connectivity index (χ3v) is 11.2. The molecular weight excluding hydrogens is 980 g/mol. The number of hydrogen-bond donors (Lipinski definition) is 0. The monoisotopic (exact) mass is 1010 g/mol. The molecule has 0 N–H and O–H groups in total. The van der Waals surface area contributed by atoms with E-state index in [1.54, 1.807) is 0 Å². The first-order valence-electron chi connectivity index (χ1n) is 9.85. The predicted octanol–water partition coefficient (Wildman–Crippen LogP) is 3.19. The van der Waals surface area contributed by atoms with E-state index in [9.17, 15) is 0 Å². The van der Waals surface area contributed by atoms with Crippen LogP contribution in [0.25, 0.3) is 0 Å². The summed E-state index contributed by atoms with van der Waals surface area (Å²) in [7, 11) is -1.57. The summed E-state index contributed by atoms with van der Waals surface area (Å²) >= 11 is 0. The molecule has 4 aromatic carbocycles. The molecule has 0 radical (unpaired) electrons. The molecule has 0 aromatic heterocycles. The average molecular weight is 1010 g/mol. The van der Waals surface area contributed by atoms with Crippen molar-refractivity contribution in [1.82, 2.24) is 0 Å². The van der Waals surface area contributed by atoms with E-state index < -0.39 is 15.8 Å². The molecule has 0 aliphatic carbocycles. The van der Waals surface area contributed by atoms with Crippen LogP contribution in [0.4, 0.5) is 0 Å². The van der Waals surface area contributed by atoms with E-state index in [4.69, 9.17) is 0 Å². The molecule has 0 nitrogen and oxygen atoms in total. The van der Waals surface area contributed by atoms with Gasteiger partial charge in [0.25, 0.3) is 0 Å². The number of rotatable bonds is 7. The zero-order chi connectivity index (χ0) is 19.0. The van der Waals surface area contributed by atoms with E-state index in [1.165, 1.54) is 33.5 Å². The SMILES string of the molecule is [Pd].[Se-2].[Se-2].[Se-2].[Se-2].[W].c1ccc([PH+](CC[PH+](c2ccccc2)c2ccccc2)c2ccccc2)cc1. The second-order valence-corrected chi connectivity index (χ2v) is 12.1. The van der Waals surface area contributed by atoms with Gasteiger partial charge in [-0.3, -0.25) is 0 Å². The van der Waals surface area contributed by atoms with E-state index in [0.717, 1.165) is 0 Å². The van der Waals surface area contributed by atoms with Crippen LogP contribution < -0.4 is 21.2 Å². The largest absolute Gasteiger partial charge is 2.00 e. The van der Waals surface area contributed by atoms with Gasteiger partial charge in [-0.1, -0.05) is 72.8 Å². The molecule has 0 spiro atoms. The van der Waals surface area contributed by atoms with Gasteiger partial charge in [0, 0.05) is 41.5 Å². The Labute approximate surface area is 277 Å². The molecule has 0 aliphatic rings. The molecule has 0 atom stereocenters. The zero-order valence-electron chi connectivity index (χ0n) is 18.3. The van der Waals surface area contributed by atoms with Crippen molar-refractivity contribution < 1.29 is 41.5 Å². The fourth-order valence-electron chi connectivity index (χ4n) is 3.72. The number of benzene rings is 4. The van der Waals surface area contributed by atoms with Crippen molar-refractivity contribution in [2.45, 2.75) is 0 Å². The van der Waals surface area contributed by atoms with Crippen LogP contribution in [0, 0.1) is 0 Å². The van der Waals surface area contributed by atoms with Crippen LogP contribution in [0.5, 0.6) is 0 Å².